The van der Waals surface area contributed by atoms with Crippen molar-refractivity contribution in [3.8, 4) is 0 Å². The van der Waals surface area contributed by atoms with Gasteiger partial charge in [-0.15, -0.1) is 0 Å². The molecular weight excluding hydrogens is 168 g/mol. The van der Waals surface area contributed by atoms with Gasteiger partial charge in [0.1, 0.15) is 0 Å². The number of nitrogens with one attached hydrogen (secondary N) is 1. The van der Waals surface area contributed by atoms with Crippen LogP contribution in [0.3, 0.4) is 0 Å². The second kappa shape index (κ2) is 4.39. The van der Waals surface area contributed by atoms with E-state index in [1.54, 1.807) is 6.92 Å². The highest BCUT2D eigenvalue weighted by atomic mass is 16.3. The van der Waals surface area contributed by atoms with Crippen LogP contribution >= 0.6 is 0 Å². The lowest BCUT2D eigenvalue weighted by atomic mass is 10.1. The molecule has 3 unspecified atom stereocenters. The molecule has 0 spiro atoms. The molecule has 0 aromatic rings. The summed E-state index contributed by atoms with van der Waals surface area (Å²) in [5.74, 6) is -0.168. The maximum absolute atomic E-state index is 11.4. The average Bonchev–Trinajstić information content (AvgIpc) is 2.47. The van der Waals surface area contributed by atoms with Gasteiger partial charge in [0.25, 0.3) is 0 Å². The molecule has 0 aliphatic heterocycles. The average molecular weight is 184 g/mol. The number of aliphatic hydroxyl groups excluding tert-OH is 1. The fourth-order valence-electron chi connectivity index (χ4n) is 1.30. The molecule has 4 nitrogen and oxygen atoms in total. The first-order chi connectivity index (χ1) is 6.09. The lowest BCUT2D eigenvalue weighted by Gasteiger charge is -2.11. The number of carbonyl (C=O) groups excluding carboxylic acids is 1. The van der Waals surface area contributed by atoms with Crippen LogP contribution < -0.4 is 11.1 Å². The zero-order chi connectivity index (χ0) is 9.84. The number of amides is 1. The van der Waals surface area contributed by atoms with E-state index in [0.717, 1.165) is 0 Å². The molecule has 13 heavy (non-hydrogen) atoms. The zero-order valence-electron chi connectivity index (χ0n) is 7.73. The van der Waals surface area contributed by atoms with Crippen molar-refractivity contribution >= 4 is 5.91 Å². The largest absolute Gasteiger partial charge is 0.392 e. The smallest absolute Gasteiger partial charge is 0.227 e. The molecule has 1 amide bonds. The van der Waals surface area contributed by atoms with E-state index in [1.807, 2.05) is 12.2 Å². The fourth-order valence-corrected chi connectivity index (χ4v) is 1.30. The molecule has 0 saturated carbocycles. The van der Waals surface area contributed by atoms with Crippen molar-refractivity contribution in [2.45, 2.75) is 25.5 Å². The lowest BCUT2D eigenvalue weighted by molar-refractivity contribution is -0.124. The normalized spacial score (nSPS) is 28.8. The quantitative estimate of drug-likeness (QED) is 0.512. The molecule has 1 aliphatic rings. The first-order valence-electron chi connectivity index (χ1n) is 4.49. The van der Waals surface area contributed by atoms with Crippen LogP contribution in [0.15, 0.2) is 12.2 Å². The first kappa shape index (κ1) is 10.2. The Morgan fingerprint density at radius 2 is 2.46 bits per heavy atom. The number of hydrogen-bond acceptors (Lipinski definition) is 3. The van der Waals surface area contributed by atoms with Crippen LogP contribution in [0.4, 0.5) is 0 Å². The van der Waals surface area contributed by atoms with Crippen LogP contribution in [0.25, 0.3) is 0 Å². The molecule has 0 bridgehead atoms. The third-order valence-corrected chi connectivity index (χ3v) is 2.03. The summed E-state index contributed by atoms with van der Waals surface area (Å²) in [5.41, 5.74) is 5.60. The zero-order valence-corrected chi connectivity index (χ0v) is 7.73. The Kier molecular flexibility index (Phi) is 3.45. The minimum Gasteiger partial charge on any atom is -0.392 e. The maximum atomic E-state index is 11.4. The van der Waals surface area contributed by atoms with Gasteiger partial charge < -0.3 is 16.2 Å². The Morgan fingerprint density at radius 3 is 2.92 bits per heavy atom. The molecule has 3 atom stereocenters. The maximum Gasteiger partial charge on any atom is 0.227 e. The highest BCUT2D eigenvalue weighted by Gasteiger charge is 2.22. The van der Waals surface area contributed by atoms with Crippen molar-refractivity contribution in [2.24, 2.45) is 11.7 Å². The van der Waals surface area contributed by atoms with Crippen molar-refractivity contribution < 1.29 is 9.90 Å². The monoisotopic (exact) mass is 184 g/mol. The van der Waals surface area contributed by atoms with Crippen LogP contribution in [0.1, 0.15) is 13.3 Å². The van der Waals surface area contributed by atoms with Crippen LogP contribution in [0.2, 0.25) is 0 Å². The van der Waals surface area contributed by atoms with Gasteiger partial charge in [-0.25, -0.2) is 0 Å². The molecule has 0 heterocycles. The van der Waals surface area contributed by atoms with E-state index in [0.29, 0.717) is 13.0 Å². The van der Waals surface area contributed by atoms with E-state index >= 15 is 0 Å². The van der Waals surface area contributed by atoms with Crippen molar-refractivity contribution in [3.63, 3.8) is 0 Å². The number of nitrogens with two attached hydrogens (primary N) is 1. The SMILES string of the molecule is CC(O)CNC(=O)C1C=CC(N)C1. The van der Waals surface area contributed by atoms with Gasteiger partial charge in [0, 0.05) is 12.6 Å². The van der Waals surface area contributed by atoms with Crippen LogP contribution in [-0.2, 0) is 4.79 Å². The summed E-state index contributed by atoms with van der Waals surface area (Å²) in [4.78, 5) is 11.4. The third kappa shape index (κ3) is 3.16. The van der Waals surface area contributed by atoms with Crippen LogP contribution in [0, 0.1) is 5.92 Å². The molecule has 4 heteroatoms. The first-order valence-corrected chi connectivity index (χ1v) is 4.49. The predicted molar refractivity (Wildman–Crippen MR) is 49.9 cm³/mol. The number of carbonyl (C=O) groups is 1. The Bertz CT molecular complexity index is 214. The molecule has 0 radical (unpaired) electrons. The minimum atomic E-state index is -0.497. The summed E-state index contributed by atoms with van der Waals surface area (Å²) < 4.78 is 0. The van der Waals surface area contributed by atoms with Crippen molar-refractivity contribution in [2.75, 3.05) is 6.54 Å². The number of hydrogen-bond donors (Lipinski definition) is 3. The van der Waals surface area contributed by atoms with Crippen molar-refractivity contribution in [3.05, 3.63) is 12.2 Å². The fraction of sp³-hybridized carbons (Fsp3) is 0.667. The van der Waals surface area contributed by atoms with E-state index < -0.39 is 6.10 Å². The molecule has 1 aliphatic carbocycles. The highest BCUT2D eigenvalue weighted by molar-refractivity contribution is 5.81. The van der Waals surface area contributed by atoms with E-state index in [4.69, 9.17) is 10.8 Å². The van der Waals surface area contributed by atoms with Gasteiger partial charge >= 0.3 is 0 Å². The van der Waals surface area contributed by atoms with Crippen molar-refractivity contribution in [1.82, 2.24) is 5.32 Å². The molecule has 0 aromatic carbocycles. The van der Waals surface area contributed by atoms with Gasteiger partial charge in [-0.2, -0.15) is 0 Å². The van der Waals surface area contributed by atoms with Gasteiger partial charge in [0.05, 0.1) is 12.0 Å². The Morgan fingerprint density at radius 1 is 1.77 bits per heavy atom. The van der Waals surface area contributed by atoms with Gasteiger partial charge in [-0.05, 0) is 13.3 Å². The second-order valence-electron chi connectivity index (χ2n) is 3.49. The summed E-state index contributed by atoms with van der Waals surface area (Å²) in [7, 11) is 0. The molecule has 0 fully saturated rings. The summed E-state index contributed by atoms with van der Waals surface area (Å²) in [5, 5.41) is 11.6. The summed E-state index contributed by atoms with van der Waals surface area (Å²) in [6.07, 6.45) is 3.84. The van der Waals surface area contributed by atoms with E-state index in [2.05, 4.69) is 5.32 Å². The van der Waals surface area contributed by atoms with Crippen LogP contribution in [0.5, 0.6) is 0 Å². The molecule has 0 aromatic heterocycles. The Hall–Kier alpha value is -0.870. The summed E-state index contributed by atoms with van der Waals surface area (Å²) in [6, 6.07) is 0.00213. The molecule has 1 rings (SSSR count). The van der Waals surface area contributed by atoms with E-state index in [9.17, 15) is 4.79 Å². The Balaban J connectivity index is 2.29. The predicted octanol–water partition coefficient (Wildman–Crippen LogP) is -0.613. The van der Waals surface area contributed by atoms with Gasteiger partial charge in [0.15, 0.2) is 0 Å². The van der Waals surface area contributed by atoms with Gasteiger partial charge in [0.2, 0.25) is 5.91 Å². The second-order valence-corrected chi connectivity index (χ2v) is 3.49. The molecule has 4 N–H and O–H groups in total. The topological polar surface area (TPSA) is 75.3 Å². The highest BCUT2D eigenvalue weighted by Crippen LogP contribution is 2.15. The summed E-state index contributed by atoms with van der Waals surface area (Å²) >= 11 is 0. The molecule has 74 valence electrons. The number of rotatable bonds is 3. The molecule has 0 saturated heterocycles. The van der Waals surface area contributed by atoms with E-state index in [1.165, 1.54) is 0 Å². The van der Waals surface area contributed by atoms with Crippen molar-refractivity contribution in [1.29, 1.82) is 0 Å². The minimum absolute atomic E-state index is 0.00213. The molecular formula is C9H16N2O2. The van der Waals surface area contributed by atoms with Gasteiger partial charge in [-0.1, -0.05) is 12.2 Å². The number of aliphatic hydroxyl groups is 1. The Labute approximate surface area is 77.8 Å². The van der Waals surface area contributed by atoms with E-state index in [-0.39, 0.29) is 17.9 Å². The summed E-state index contributed by atoms with van der Waals surface area (Å²) in [6.45, 7) is 1.94. The third-order valence-electron chi connectivity index (χ3n) is 2.03. The standard InChI is InChI=1S/C9H16N2O2/c1-6(12)5-11-9(13)7-2-3-8(10)4-7/h2-3,6-8,12H,4-5,10H2,1H3,(H,11,13). The van der Waals surface area contributed by atoms with Crippen LogP contribution in [-0.4, -0.2) is 29.7 Å². The van der Waals surface area contributed by atoms with Gasteiger partial charge in [-0.3, -0.25) is 4.79 Å². The lowest BCUT2D eigenvalue weighted by Crippen LogP contribution is -2.35.